The highest BCUT2D eigenvalue weighted by molar-refractivity contribution is 7.17. The number of piperidine rings is 1. The molecule has 1 aromatic heterocycles. The van der Waals surface area contributed by atoms with Crippen molar-refractivity contribution in [2.75, 3.05) is 13.1 Å². The van der Waals surface area contributed by atoms with Crippen LogP contribution < -0.4 is 5.73 Å². The summed E-state index contributed by atoms with van der Waals surface area (Å²) in [5.41, 5.74) is 6.55. The van der Waals surface area contributed by atoms with Crippen molar-refractivity contribution in [3.8, 4) is 0 Å². The first-order chi connectivity index (χ1) is 9.58. The number of nitrogens with zero attached hydrogens (tertiary/aromatic N) is 1. The first kappa shape index (κ1) is 13.6. The first-order valence-electron chi connectivity index (χ1n) is 7.06. The van der Waals surface area contributed by atoms with Gasteiger partial charge in [0.05, 0.1) is 5.41 Å². The number of carbonyl (C=O) groups excluding carboxylic acids is 1. The average Bonchev–Trinajstić information content (AvgIpc) is 2.82. The maximum atomic E-state index is 11.6. The molecule has 1 atom stereocenters. The van der Waals surface area contributed by atoms with E-state index in [2.05, 4.69) is 34.5 Å². The number of hydrogen-bond donors (Lipinski definition) is 1. The molecule has 2 N–H and O–H groups in total. The van der Waals surface area contributed by atoms with E-state index in [9.17, 15) is 4.79 Å². The summed E-state index contributed by atoms with van der Waals surface area (Å²) in [6.07, 6.45) is 1.95. The number of nitrogens with two attached hydrogens (primary N) is 1. The second-order valence-corrected chi connectivity index (χ2v) is 6.91. The smallest absolute Gasteiger partial charge is 0.224 e. The predicted molar refractivity (Wildman–Crippen MR) is 83.6 cm³/mol. The normalized spacial score (nSPS) is 24.1. The van der Waals surface area contributed by atoms with Crippen LogP contribution in [0.2, 0.25) is 0 Å². The molecule has 0 bridgehead atoms. The highest BCUT2D eigenvalue weighted by Crippen LogP contribution is 2.32. The zero-order chi connectivity index (χ0) is 14.2. The van der Waals surface area contributed by atoms with Gasteiger partial charge in [0.2, 0.25) is 5.91 Å². The standard InChI is InChI=1S/C16H20N2OS/c1-16(15(17)19)7-4-8-18(11-16)9-12-10-20-14-6-3-2-5-13(12)14/h2-3,5-6,10H,4,7-9,11H2,1H3,(H2,17,19). The number of likely N-dealkylation sites (tertiary alicyclic amines) is 1. The third kappa shape index (κ3) is 2.45. The Morgan fingerprint density at radius 3 is 3.05 bits per heavy atom. The van der Waals surface area contributed by atoms with Crippen LogP contribution in [0.4, 0.5) is 0 Å². The average molecular weight is 288 g/mol. The molecule has 0 spiro atoms. The van der Waals surface area contributed by atoms with E-state index in [-0.39, 0.29) is 11.3 Å². The van der Waals surface area contributed by atoms with Crippen LogP contribution in [0.15, 0.2) is 29.6 Å². The maximum Gasteiger partial charge on any atom is 0.224 e. The highest BCUT2D eigenvalue weighted by Gasteiger charge is 2.36. The minimum Gasteiger partial charge on any atom is -0.369 e. The van der Waals surface area contributed by atoms with Crippen molar-refractivity contribution >= 4 is 27.3 Å². The van der Waals surface area contributed by atoms with Gasteiger partial charge in [-0.2, -0.15) is 0 Å². The molecule has 1 aliphatic heterocycles. The van der Waals surface area contributed by atoms with Crippen LogP contribution in [0.5, 0.6) is 0 Å². The monoisotopic (exact) mass is 288 g/mol. The molecule has 0 saturated carbocycles. The Labute approximate surface area is 123 Å². The summed E-state index contributed by atoms with van der Waals surface area (Å²) in [4.78, 5) is 14.0. The molecule has 1 aromatic carbocycles. The second kappa shape index (κ2) is 5.19. The van der Waals surface area contributed by atoms with Crippen molar-refractivity contribution in [3.63, 3.8) is 0 Å². The fourth-order valence-corrected chi connectivity index (χ4v) is 4.03. The fourth-order valence-electron chi connectivity index (χ4n) is 3.08. The van der Waals surface area contributed by atoms with Crippen LogP contribution in [0.25, 0.3) is 10.1 Å². The van der Waals surface area contributed by atoms with E-state index in [4.69, 9.17) is 5.73 Å². The molecule has 0 aliphatic carbocycles. The molecule has 0 radical (unpaired) electrons. The summed E-state index contributed by atoms with van der Waals surface area (Å²) in [6.45, 7) is 4.72. The molecule has 20 heavy (non-hydrogen) atoms. The topological polar surface area (TPSA) is 46.3 Å². The minimum atomic E-state index is -0.371. The number of thiophene rings is 1. The van der Waals surface area contributed by atoms with Gasteiger partial charge in [-0.05, 0) is 48.7 Å². The maximum absolute atomic E-state index is 11.6. The van der Waals surface area contributed by atoms with Crippen LogP contribution in [0.3, 0.4) is 0 Å². The highest BCUT2D eigenvalue weighted by atomic mass is 32.1. The van der Waals surface area contributed by atoms with Crippen molar-refractivity contribution in [2.45, 2.75) is 26.3 Å². The van der Waals surface area contributed by atoms with Crippen molar-refractivity contribution < 1.29 is 4.79 Å². The van der Waals surface area contributed by atoms with Gasteiger partial charge in [0.1, 0.15) is 0 Å². The lowest BCUT2D eigenvalue weighted by Crippen LogP contribution is -2.48. The van der Waals surface area contributed by atoms with E-state index in [0.29, 0.717) is 0 Å². The van der Waals surface area contributed by atoms with Gasteiger partial charge in [-0.1, -0.05) is 18.2 Å². The van der Waals surface area contributed by atoms with Gasteiger partial charge in [0.15, 0.2) is 0 Å². The molecule has 3 nitrogen and oxygen atoms in total. The molecule has 2 heterocycles. The third-order valence-electron chi connectivity index (χ3n) is 4.33. The van der Waals surface area contributed by atoms with Gasteiger partial charge in [0.25, 0.3) is 0 Å². The van der Waals surface area contributed by atoms with Crippen LogP contribution in [0.1, 0.15) is 25.3 Å². The molecular formula is C16H20N2OS. The van der Waals surface area contributed by atoms with Gasteiger partial charge < -0.3 is 5.73 Å². The van der Waals surface area contributed by atoms with Crippen LogP contribution >= 0.6 is 11.3 Å². The summed E-state index contributed by atoms with van der Waals surface area (Å²) in [5, 5.41) is 3.57. The molecule has 2 aromatic rings. The van der Waals surface area contributed by atoms with E-state index in [1.54, 1.807) is 11.3 Å². The summed E-state index contributed by atoms with van der Waals surface area (Å²) < 4.78 is 1.33. The third-order valence-corrected chi connectivity index (χ3v) is 5.34. The van der Waals surface area contributed by atoms with E-state index < -0.39 is 0 Å². The van der Waals surface area contributed by atoms with Crippen molar-refractivity contribution in [2.24, 2.45) is 11.1 Å². The molecular weight excluding hydrogens is 268 g/mol. The number of rotatable bonds is 3. The molecule has 1 saturated heterocycles. The van der Waals surface area contributed by atoms with Gasteiger partial charge in [-0.25, -0.2) is 0 Å². The lowest BCUT2D eigenvalue weighted by atomic mass is 9.81. The lowest BCUT2D eigenvalue weighted by Gasteiger charge is -2.38. The summed E-state index contributed by atoms with van der Waals surface area (Å²) in [6, 6.07) is 8.50. The predicted octanol–water partition coefficient (Wildman–Crippen LogP) is 2.99. The quantitative estimate of drug-likeness (QED) is 0.943. The molecule has 1 unspecified atom stereocenters. The van der Waals surface area contributed by atoms with E-state index in [0.717, 1.165) is 32.5 Å². The van der Waals surface area contributed by atoms with Gasteiger partial charge in [-0.3, -0.25) is 9.69 Å². The number of primary amides is 1. The number of fused-ring (bicyclic) bond motifs is 1. The largest absolute Gasteiger partial charge is 0.369 e. The second-order valence-electron chi connectivity index (χ2n) is 6.00. The number of amides is 1. The van der Waals surface area contributed by atoms with Crippen LogP contribution in [-0.2, 0) is 11.3 Å². The Morgan fingerprint density at radius 2 is 2.25 bits per heavy atom. The minimum absolute atomic E-state index is 0.169. The zero-order valence-electron chi connectivity index (χ0n) is 11.8. The Bertz CT molecular complexity index is 636. The van der Waals surface area contributed by atoms with Crippen LogP contribution in [0, 0.1) is 5.41 Å². The molecule has 4 heteroatoms. The lowest BCUT2D eigenvalue weighted by molar-refractivity contribution is -0.129. The molecule has 3 rings (SSSR count). The Kier molecular flexibility index (Phi) is 3.52. The van der Waals surface area contributed by atoms with Gasteiger partial charge in [0, 0.05) is 17.8 Å². The molecule has 1 amide bonds. The van der Waals surface area contributed by atoms with Crippen LogP contribution in [-0.4, -0.2) is 23.9 Å². The first-order valence-corrected chi connectivity index (χ1v) is 7.94. The van der Waals surface area contributed by atoms with Crippen molar-refractivity contribution in [1.82, 2.24) is 4.90 Å². The summed E-state index contributed by atoms with van der Waals surface area (Å²) in [5.74, 6) is -0.169. The SMILES string of the molecule is CC1(C(N)=O)CCCN(Cc2csc3ccccc23)C1. The zero-order valence-corrected chi connectivity index (χ0v) is 12.6. The van der Waals surface area contributed by atoms with Gasteiger partial charge >= 0.3 is 0 Å². The van der Waals surface area contributed by atoms with Gasteiger partial charge in [-0.15, -0.1) is 11.3 Å². The fraction of sp³-hybridized carbons (Fsp3) is 0.438. The van der Waals surface area contributed by atoms with E-state index in [1.165, 1.54) is 15.6 Å². The van der Waals surface area contributed by atoms with Crippen molar-refractivity contribution in [3.05, 3.63) is 35.2 Å². The summed E-state index contributed by atoms with van der Waals surface area (Å²) in [7, 11) is 0. The number of carbonyl (C=O) groups is 1. The van der Waals surface area contributed by atoms with Crippen molar-refractivity contribution in [1.29, 1.82) is 0 Å². The Morgan fingerprint density at radius 1 is 1.45 bits per heavy atom. The molecule has 1 aliphatic rings. The Balaban J connectivity index is 1.79. The molecule has 106 valence electrons. The van der Waals surface area contributed by atoms with E-state index in [1.807, 2.05) is 6.92 Å². The number of benzene rings is 1. The summed E-state index contributed by atoms with van der Waals surface area (Å²) >= 11 is 1.79. The number of hydrogen-bond acceptors (Lipinski definition) is 3. The van der Waals surface area contributed by atoms with E-state index >= 15 is 0 Å². The Hall–Kier alpha value is -1.39. The molecule has 1 fully saturated rings.